The SMILES string of the molecule is COCc1cc(Nc2nc(N3CCC(F)(F)CC3)nc3cc(OCCCN4CCCC4)c(OC)cc23)n[nH]1. The zero-order chi connectivity index (χ0) is 26.5. The Labute approximate surface area is 220 Å². The summed E-state index contributed by atoms with van der Waals surface area (Å²) in [6, 6.07) is 5.50. The van der Waals surface area contributed by atoms with E-state index >= 15 is 0 Å². The van der Waals surface area contributed by atoms with E-state index in [2.05, 4.69) is 20.4 Å². The molecule has 10 nitrogen and oxygen atoms in total. The fourth-order valence-corrected chi connectivity index (χ4v) is 4.92. The molecule has 2 aliphatic heterocycles. The second-order valence-corrected chi connectivity index (χ2v) is 9.82. The van der Waals surface area contributed by atoms with Gasteiger partial charge in [0.15, 0.2) is 17.3 Å². The van der Waals surface area contributed by atoms with Crippen LogP contribution in [-0.2, 0) is 11.3 Å². The number of piperidine rings is 1. The smallest absolute Gasteiger partial charge is 0.251 e. The third kappa shape index (κ3) is 6.24. The molecule has 4 heterocycles. The maximum absolute atomic E-state index is 13.8. The van der Waals surface area contributed by atoms with Gasteiger partial charge in [0.25, 0.3) is 5.92 Å². The van der Waals surface area contributed by atoms with Crippen LogP contribution in [0.5, 0.6) is 11.5 Å². The number of fused-ring (bicyclic) bond motifs is 1. The molecule has 0 amide bonds. The molecule has 3 aromatic rings. The van der Waals surface area contributed by atoms with Crippen LogP contribution in [0.2, 0.25) is 0 Å². The van der Waals surface area contributed by atoms with E-state index in [1.807, 2.05) is 18.2 Å². The summed E-state index contributed by atoms with van der Waals surface area (Å²) in [5.41, 5.74) is 1.42. The van der Waals surface area contributed by atoms with Crippen LogP contribution in [0.1, 0.15) is 37.8 Å². The van der Waals surface area contributed by atoms with Gasteiger partial charge < -0.3 is 29.3 Å². The van der Waals surface area contributed by atoms with Crippen LogP contribution < -0.4 is 19.7 Å². The Bertz CT molecular complexity index is 1220. The van der Waals surface area contributed by atoms with Crippen molar-refractivity contribution in [2.75, 3.05) is 63.8 Å². The number of nitrogens with zero attached hydrogens (tertiary/aromatic N) is 5. The fraction of sp³-hybridized carbons (Fsp3) is 0.577. The van der Waals surface area contributed by atoms with Gasteiger partial charge >= 0.3 is 0 Å². The molecule has 0 radical (unpaired) electrons. The summed E-state index contributed by atoms with van der Waals surface area (Å²) in [6.45, 7) is 4.60. The van der Waals surface area contributed by atoms with Crippen LogP contribution >= 0.6 is 0 Å². The number of alkyl halides is 2. The van der Waals surface area contributed by atoms with E-state index in [1.165, 1.54) is 12.8 Å². The molecule has 2 N–H and O–H groups in total. The van der Waals surface area contributed by atoms with Gasteiger partial charge in [0.2, 0.25) is 5.95 Å². The highest BCUT2D eigenvalue weighted by molar-refractivity contribution is 5.94. The number of nitrogens with one attached hydrogen (secondary N) is 2. The highest BCUT2D eigenvalue weighted by Crippen LogP contribution is 2.37. The number of ether oxygens (including phenoxy) is 3. The monoisotopic (exact) mass is 531 g/mol. The van der Waals surface area contributed by atoms with Crippen molar-refractivity contribution in [1.82, 2.24) is 25.1 Å². The molecule has 0 saturated carbocycles. The standard InChI is InChI=1S/C26H35F2N7O3/c1-36-17-18-14-23(33-32-18)30-24-19-15-21(37-2)22(38-13-5-10-34-8-3-4-9-34)16-20(19)29-25(31-24)35-11-6-26(27,28)7-12-35/h14-16H,3-13,17H2,1-2H3,(H2,29,30,31,32,33). The molecule has 2 saturated heterocycles. The molecule has 0 bridgehead atoms. The predicted octanol–water partition coefficient (Wildman–Crippen LogP) is 4.35. The summed E-state index contributed by atoms with van der Waals surface area (Å²) in [4.78, 5) is 13.7. The Hall–Kier alpha value is -3.25. The summed E-state index contributed by atoms with van der Waals surface area (Å²) in [5.74, 6) is -0.0773. The molecule has 2 aliphatic rings. The molecule has 0 unspecified atom stereocenters. The summed E-state index contributed by atoms with van der Waals surface area (Å²) >= 11 is 0. The molecule has 12 heteroatoms. The number of likely N-dealkylation sites (tertiary alicyclic amines) is 1. The first-order chi connectivity index (χ1) is 18.4. The minimum atomic E-state index is -2.66. The highest BCUT2D eigenvalue weighted by atomic mass is 19.3. The number of hydrogen-bond donors (Lipinski definition) is 2. The Morgan fingerprint density at radius 1 is 1.03 bits per heavy atom. The lowest BCUT2D eigenvalue weighted by atomic mass is 10.1. The minimum absolute atomic E-state index is 0.175. The summed E-state index contributed by atoms with van der Waals surface area (Å²) in [7, 11) is 3.21. The second-order valence-electron chi connectivity index (χ2n) is 9.82. The fourth-order valence-electron chi connectivity index (χ4n) is 4.92. The largest absolute Gasteiger partial charge is 0.493 e. The molecule has 206 valence electrons. The van der Waals surface area contributed by atoms with Crippen molar-refractivity contribution < 1.29 is 23.0 Å². The molecule has 0 spiro atoms. The Morgan fingerprint density at radius 2 is 1.82 bits per heavy atom. The lowest BCUT2D eigenvalue weighted by Crippen LogP contribution is -2.40. The average Bonchev–Trinajstić information content (AvgIpc) is 3.58. The van der Waals surface area contributed by atoms with Crippen molar-refractivity contribution >= 4 is 28.5 Å². The van der Waals surface area contributed by atoms with E-state index < -0.39 is 5.92 Å². The quantitative estimate of drug-likeness (QED) is 0.350. The number of benzene rings is 1. The lowest BCUT2D eigenvalue weighted by Gasteiger charge is -2.32. The first kappa shape index (κ1) is 26.4. The van der Waals surface area contributed by atoms with E-state index in [-0.39, 0.29) is 25.9 Å². The number of rotatable bonds is 11. The van der Waals surface area contributed by atoms with Crippen molar-refractivity contribution in [2.24, 2.45) is 0 Å². The third-order valence-corrected chi connectivity index (χ3v) is 7.00. The van der Waals surface area contributed by atoms with Gasteiger partial charge in [-0.05, 0) is 38.4 Å². The molecule has 5 rings (SSSR count). The van der Waals surface area contributed by atoms with Gasteiger partial charge in [-0.3, -0.25) is 5.10 Å². The molecular formula is C26H35F2N7O3. The van der Waals surface area contributed by atoms with Crippen LogP contribution in [0.15, 0.2) is 18.2 Å². The first-order valence-corrected chi connectivity index (χ1v) is 13.1. The average molecular weight is 532 g/mol. The van der Waals surface area contributed by atoms with Crippen LogP contribution in [-0.4, -0.2) is 84.5 Å². The van der Waals surface area contributed by atoms with Crippen LogP contribution in [0, 0.1) is 0 Å². The third-order valence-electron chi connectivity index (χ3n) is 7.00. The molecular weight excluding hydrogens is 496 g/mol. The molecule has 0 atom stereocenters. The molecule has 2 aromatic heterocycles. The number of hydrogen-bond acceptors (Lipinski definition) is 9. The number of aromatic amines is 1. The normalized spacial score (nSPS) is 17.7. The molecule has 38 heavy (non-hydrogen) atoms. The van der Waals surface area contributed by atoms with Gasteiger partial charge in [-0.1, -0.05) is 0 Å². The van der Waals surface area contributed by atoms with Crippen molar-refractivity contribution in [2.45, 2.75) is 44.6 Å². The Morgan fingerprint density at radius 3 is 2.55 bits per heavy atom. The van der Waals surface area contributed by atoms with Crippen molar-refractivity contribution in [1.29, 1.82) is 0 Å². The van der Waals surface area contributed by atoms with Crippen LogP contribution in [0.4, 0.5) is 26.4 Å². The van der Waals surface area contributed by atoms with Crippen molar-refractivity contribution in [3.05, 3.63) is 23.9 Å². The topological polar surface area (TPSA) is 101 Å². The number of aromatic nitrogens is 4. The van der Waals surface area contributed by atoms with E-state index in [9.17, 15) is 8.78 Å². The second kappa shape index (κ2) is 11.6. The van der Waals surface area contributed by atoms with Gasteiger partial charge in [0.05, 0.1) is 31.5 Å². The maximum Gasteiger partial charge on any atom is 0.251 e. The lowest BCUT2D eigenvalue weighted by molar-refractivity contribution is -0.0222. The van der Waals surface area contributed by atoms with Crippen molar-refractivity contribution in [3.63, 3.8) is 0 Å². The summed E-state index contributed by atoms with van der Waals surface area (Å²) < 4.78 is 44.6. The summed E-state index contributed by atoms with van der Waals surface area (Å²) in [5, 5.41) is 11.2. The van der Waals surface area contributed by atoms with Crippen LogP contribution in [0.3, 0.4) is 0 Å². The summed E-state index contributed by atoms with van der Waals surface area (Å²) in [6.07, 6.45) is 2.97. The van der Waals surface area contributed by atoms with Crippen molar-refractivity contribution in [3.8, 4) is 11.5 Å². The first-order valence-electron chi connectivity index (χ1n) is 13.1. The number of methoxy groups -OCH3 is 2. The number of H-pyrrole nitrogens is 1. The van der Waals surface area contributed by atoms with Gasteiger partial charge in [-0.15, -0.1) is 0 Å². The number of halogens is 2. The van der Waals surface area contributed by atoms with E-state index in [1.54, 1.807) is 19.1 Å². The molecule has 2 fully saturated rings. The Balaban J connectivity index is 1.43. The molecule has 1 aromatic carbocycles. The maximum atomic E-state index is 13.8. The van der Waals surface area contributed by atoms with Gasteiger partial charge in [0.1, 0.15) is 5.82 Å². The van der Waals surface area contributed by atoms with E-state index in [4.69, 9.17) is 24.2 Å². The molecule has 0 aliphatic carbocycles. The van der Waals surface area contributed by atoms with Gasteiger partial charge in [-0.25, -0.2) is 13.8 Å². The minimum Gasteiger partial charge on any atom is -0.493 e. The van der Waals surface area contributed by atoms with Gasteiger partial charge in [0, 0.05) is 57.1 Å². The van der Waals surface area contributed by atoms with E-state index in [0.717, 1.165) is 31.7 Å². The van der Waals surface area contributed by atoms with Gasteiger partial charge in [-0.2, -0.15) is 10.1 Å². The predicted molar refractivity (Wildman–Crippen MR) is 141 cm³/mol. The van der Waals surface area contributed by atoms with E-state index in [0.29, 0.717) is 53.2 Å². The Kier molecular flexibility index (Phi) is 8.08. The highest BCUT2D eigenvalue weighted by Gasteiger charge is 2.35. The van der Waals surface area contributed by atoms with Crippen LogP contribution in [0.25, 0.3) is 10.9 Å². The zero-order valence-electron chi connectivity index (χ0n) is 21.9. The zero-order valence-corrected chi connectivity index (χ0v) is 21.9. The number of anilines is 3.